The minimum absolute atomic E-state index is 0.168. The van der Waals surface area contributed by atoms with Gasteiger partial charge in [0.1, 0.15) is 23.1 Å². The molecule has 0 radical (unpaired) electrons. The summed E-state index contributed by atoms with van der Waals surface area (Å²) in [5.41, 5.74) is 3.07. The molecule has 0 unspecified atom stereocenters. The van der Waals surface area contributed by atoms with E-state index in [0.29, 0.717) is 5.91 Å². The van der Waals surface area contributed by atoms with E-state index in [1.807, 2.05) is 39.9 Å². The predicted molar refractivity (Wildman–Crippen MR) is 115 cm³/mol. The van der Waals surface area contributed by atoms with Crippen LogP contribution in [0.4, 0.5) is 0 Å². The molecular weight excluding hydrogens is 378 g/mol. The van der Waals surface area contributed by atoms with Gasteiger partial charge in [-0.05, 0) is 42.7 Å². The molecule has 1 aliphatic heterocycles. The Labute approximate surface area is 176 Å². The van der Waals surface area contributed by atoms with Gasteiger partial charge in [0, 0.05) is 43.6 Å². The van der Waals surface area contributed by atoms with Crippen molar-refractivity contribution >= 4 is 11.4 Å². The summed E-state index contributed by atoms with van der Waals surface area (Å²) in [6.07, 6.45) is 9.07. The number of benzene rings is 1. The molecule has 156 valence electrons. The van der Waals surface area contributed by atoms with Crippen molar-refractivity contribution in [2.24, 2.45) is 5.92 Å². The zero-order valence-electron chi connectivity index (χ0n) is 17.3. The van der Waals surface area contributed by atoms with Crippen LogP contribution >= 0.6 is 0 Å². The Kier molecular flexibility index (Phi) is 5.07. The van der Waals surface area contributed by atoms with Crippen LogP contribution in [-0.2, 0) is 4.79 Å². The van der Waals surface area contributed by atoms with Gasteiger partial charge in [-0.15, -0.1) is 0 Å². The van der Waals surface area contributed by atoms with Gasteiger partial charge in [0.2, 0.25) is 5.91 Å². The van der Waals surface area contributed by atoms with Gasteiger partial charge in [-0.1, -0.05) is 18.6 Å². The number of pyridine rings is 1. The number of carbonyl (C=O) groups is 1. The van der Waals surface area contributed by atoms with Crippen LogP contribution in [0.15, 0.2) is 48.8 Å². The summed E-state index contributed by atoms with van der Waals surface area (Å²) < 4.78 is 13.5. The molecule has 5 rings (SSSR count). The number of fused-ring (bicyclic) bond motifs is 1. The highest BCUT2D eigenvalue weighted by atomic mass is 16.5. The van der Waals surface area contributed by atoms with Crippen LogP contribution < -0.4 is 9.47 Å². The quantitative estimate of drug-likeness (QED) is 0.639. The number of methoxy groups -OCH3 is 1. The van der Waals surface area contributed by atoms with Gasteiger partial charge in [-0.25, -0.2) is 4.52 Å². The first-order valence-corrected chi connectivity index (χ1v) is 10.8. The number of ether oxygens (including phenoxy) is 2. The van der Waals surface area contributed by atoms with Crippen molar-refractivity contribution < 1.29 is 14.3 Å². The number of hydrogen-bond donors (Lipinski definition) is 0. The van der Waals surface area contributed by atoms with Crippen LogP contribution in [0.3, 0.4) is 0 Å². The molecule has 0 N–H and O–H groups in total. The topological polar surface area (TPSA) is 56.1 Å². The number of hydrogen-bond acceptors (Lipinski definition) is 4. The van der Waals surface area contributed by atoms with Crippen LogP contribution in [0, 0.1) is 5.92 Å². The minimum Gasteiger partial charge on any atom is -0.494 e. The minimum atomic E-state index is 0.168. The van der Waals surface area contributed by atoms with E-state index in [1.54, 1.807) is 13.3 Å². The smallest absolute Gasteiger partial charge is 0.225 e. The zero-order chi connectivity index (χ0) is 20.5. The predicted octanol–water partition coefficient (Wildman–Crippen LogP) is 4.18. The van der Waals surface area contributed by atoms with Gasteiger partial charge in [-0.2, -0.15) is 5.10 Å². The summed E-state index contributed by atoms with van der Waals surface area (Å²) >= 11 is 0. The molecule has 0 bridgehead atoms. The third-order valence-corrected chi connectivity index (χ3v) is 6.39. The number of carbonyl (C=O) groups excluding carboxylic acids is 1. The number of likely N-dealkylation sites (tertiary alicyclic amines) is 1. The Morgan fingerprint density at radius 3 is 2.47 bits per heavy atom. The summed E-state index contributed by atoms with van der Waals surface area (Å²) in [5.74, 6) is 2.31. The van der Waals surface area contributed by atoms with Gasteiger partial charge < -0.3 is 14.4 Å². The van der Waals surface area contributed by atoms with Gasteiger partial charge in [0.25, 0.3) is 0 Å². The summed E-state index contributed by atoms with van der Waals surface area (Å²) in [4.78, 5) is 14.4. The lowest BCUT2D eigenvalue weighted by Crippen LogP contribution is -2.45. The van der Waals surface area contributed by atoms with Crippen molar-refractivity contribution in [3.63, 3.8) is 0 Å². The average Bonchev–Trinajstić information content (AvgIpc) is 3.21. The van der Waals surface area contributed by atoms with Gasteiger partial charge in [-0.3, -0.25) is 4.79 Å². The second-order valence-corrected chi connectivity index (χ2v) is 8.25. The van der Waals surface area contributed by atoms with Crippen molar-refractivity contribution in [3.8, 4) is 22.6 Å². The molecule has 3 heterocycles. The van der Waals surface area contributed by atoms with E-state index >= 15 is 0 Å². The molecule has 30 heavy (non-hydrogen) atoms. The largest absolute Gasteiger partial charge is 0.494 e. The fourth-order valence-corrected chi connectivity index (χ4v) is 4.34. The highest BCUT2D eigenvalue weighted by Gasteiger charge is 2.32. The third kappa shape index (κ3) is 3.62. The summed E-state index contributed by atoms with van der Waals surface area (Å²) in [6.45, 7) is 1.61. The molecule has 6 heteroatoms. The van der Waals surface area contributed by atoms with Crippen LogP contribution in [0.25, 0.3) is 16.6 Å². The van der Waals surface area contributed by atoms with E-state index < -0.39 is 0 Å². The summed E-state index contributed by atoms with van der Waals surface area (Å²) in [5, 5.41) is 4.33. The zero-order valence-corrected chi connectivity index (χ0v) is 17.3. The van der Waals surface area contributed by atoms with Crippen molar-refractivity contribution in [2.75, 3.05) is 20.2 Å². The first-order valence-electron chi connectivity index (χ1n) is 10.8. The maximum absolute atomic E-state index is 12.4. The van der Waals surface area contributed by atoms with E-state index in [2.05, 4.69) is 17.2 Å². The van der Waals surface area contributed by atoms with Crippen molar-refractivity contribution in [1.29, 1.82) is 0 Å². The Bertz CT molecular complexity index is 1030. The molecule has 1 aromatic carbocycles. The van der Waals surface area contributed by atoms with Gasteiger partial charge >= 0.3 is 0 Å². The molecule has 1 saturated carbocycles. The van der Waals surface area contributed by atoms with E-state index in [9.17, 15) is 4.79 Å². The Morgan fingerprint density at radius 2 is 1.80 bits per heavy atom. The summed E-state index contributed by atoms with van der Waals surface area (Å²) in [6, 6.07) is 12.1. The molecule has 0 atom stereocenters. The molecule has 3 aromatic rings. The molecule has 1 aliphatic carbocycles. The molecule has 1 amide bonds. The molecular formula is C24H27N3O3. The molecule has 2 aromatic heterocycles. The molecule has 2 fully saturated rings. The lowest BCUT2D eigenvalue weighted by atomic mass is 9.84. The molecule has 2 aliphatic rings. The van der Waals surface area contributed by atoms with E-state index in [4.69, 9.17) is 9.47 Å². The fraction of sp³-hybridized carbons (Fsp3) is 0.417. The Balaban J connectivity index is 1.22. The maximum atomic E-state index is 12.4. The number of amides is 1. The summed E-state index contributed by atoms with van der Waals surface area (Å²) in [7, 11) is 1.67. The molecule has 1 saturated heterocycles. The van der Waals surface area contributed by atoms with E-state index in [1.165, 1.54) is 6.42 Å². The van der Waals surface area contributed by atoms with Crippen molar-refractivity contribution in [3.05, 3.63) is 48.8 Å². The monoisotopic (exact) mass is 405 g/mol. The van der Waals surface area contributed by atoms with Crippen LogP contribution in [0.1, 0.15) is 32.1 Å². The number of rotatable bonds is 5. The highest BCUT2D eigenvalue weighted by Crippen LogP contribution is 2.31. The molecule has 0 spiro atoms. The van der Waals surface area contributed by atoms with Gasteiger partial charge in [0.05, 0.1) is 13.3 Å². The van der Waals surface area contributed by atoms with Crippen molar-refractivity contribution in [1.82, 2.24) is 14.5 Å². The lowest BCUT2D eigenvalue weighted by molar-refractivity contribution is -0.140. The lowest BCUT2D eigenvalue weighted by Gasteiger charge is -2.36. The first kappa shape index (κ1) is 19.0. The standard InChI is InChI=1S/C24H27N3O3/c1-29-23-15-19(16-27-22(23)9-12-25-27)17-5-7-20(8-6-17)30-21-10-13-26(14-11-21)24(28)18-3-2-4-18/h5-9,12,15-16,18,21H,2-4,10-11,13-14H2,1H3. The Hall–Kier alpha value is -3.02. The number of piperidine rings is 1. The molecule has 6 nitrogen and oxygen atoms in total. The second kappa shape index (κ2) is 8.01. The van der Waals surface area contributed by atoms with Crippen molar-refractivity contribution in [2.45, 2.75) is 38.2 Å². The number of nitrogens with zero attached hydrogens (tertiary/aromatic N) is 3. The number of aromatic nitrogens is 2. The first-order chi connectivity index (χ1) is 14.7. The normalized spacial score (nSPS) is 17.7. The maximum Gasteiger partial charge on any atom is 0.225 e. The highest BCUT2D eigenvalue weighted by molar-refractivity contribution is 5.79. The van der Waals surface area contributed by atoms with E-state index in [0.717, 1.165) is 66.9 Å². The Morgan fingerprint density at radius 1 is 1.03 bits per heavy atom. The van der Waals surface area contributed by atoms with E-state index in [-0.39, 0.29) is 12.0 Å². The van der Waals surface area contributed by atoms with Crippen LogP contribution in [-0.4, -0.2) is 46.7 Å². The third-order valence-electron chi connectivity index (χ3n) is 6.39. The SMILES string of the molecule is COc1cc(-c2ccc(OC3CCN(C(=O)C4CCC4)CC3)cc2)cn2nccc12. The van der Waals surface area contributed by atoms with Crippen LogP contribution in [0.2, 0.25) is 0 Å². The van der Waals surface area contributed by atoms with Crippen LogP contribution in [0.5, 0.6) is 11.5 Å². The average molecular weight is 405 g/mol. The van der Waals surface area contributed by atoms with Gasteiger partial charge in [0.15, 0.2) is 0 Å². The fourth-order valence-electron chi connectivity index (χ4n) is 4.34. The second-order valence-electron chi connectivity index (χ2n) is 8.25.